The van der Waals surface area contributed by atoms with Gasteiger partial charge < -0.3 is 15.5 Å². The molecule has 1 aromatic rings. The SMILES string of the molecule is CNCC(C)C(=O)N(CC(=O)Nc1ccc(F)cc1)C(C)C.Cl. The highest BCUT2D eigenvalue weighted by atomic mass is 35.5. The molecule has 2 N–H and O–H groups in total. The third-order valence-electron chi connectivity index (χ3n) is 3.28. The average molecular weight is 346 g/mol. The van der Waals surface area contributed by atoms with E-state index in [1.54, 1.807) is 11.9 Å². The molecular weight excluding hydrogens is 321 g/mol. The molecule has 0 fully saturated rings. The maximum Gasteiger partial charge on any atom is 0.244 e. The van der Waals surface area contributed by atoms with E-state index < -0.39 is 0 Å². The number of carbonyl (C=O) groups is 2. The van der Waals surface area contributed by atoms with Crippen LogP contribution in [0.15, 0.2) is 24.3 Å². The van der Waals surface area contributed by atoms with E-state index in [1.807, 2.05) is 20.8 Å². The van der Waals surface area contributed by atoms with Crippen LogP contribution in [0.2, 0.25) is 0 Å². The summed E-state index contributed by atoms with van der Waals surface area (Å²) >= 11 is 0. The first-order chi connectivity index (χ1) is 10.3. The molecule has 0 saturated carbocycles. The van der Waals surface area contributed by atoms with Gasteiger partial charge in [0.25, 0.3) is 0 Å². The lowest BCUT2D eigenvalue weighted by molar-refractivity contribution is -0.139. The predicted molar refractivity (Wildman–Crippen MR) is 92.2 cm³/mol. The van der Waals surface area contributed by atoms with Gasteiger partial charge in [0.05, 0.1) is 0 Å². The zero-order chi connectivity index (χ0) is 16.7. The summed E-state index contributed by atoms with van der Waals surface area (Å²) < 4.78 is 12.8. The van der Waals surface area contributed by atoms with E-state index in [1.165, 1.54) is 24.3 Å². The van der Waals surface area contributed by atoms with E-state index in [2.05, 4.69) is 10.6 Å². The molecule has 1 rings (SSSR count). The quantitative estimate of drug-likeness (QED) is 0.797. The van der Waals surface area contributed by atoms with Gasteiger partial charge in [-0.25, -0.2) is 4.39 Å². The number of anilines is 1. The highest BCUT2D eigenvalue weighted by Gasteiger charge is 2.24. The van der Waals surface area contributed by atoms with Gasteiger partial charge in [0.15, 0.2) is 0 Å². The fourth-order valence-corrected chi connectivity index (χ4v) is 2.08. The van der Waals surface area contributed by atoms with Crippen LogP contribution in [0.4, 0.5) is 10.1 Å². The lowest BCUT2D eigenvalue weighted by Gasteiger charge is -2.29. The van der Waals surface area contributed by atoms with Gasteiger partial charge in [-0.15, -0.1) is 12.4 Å². The molecular formula is C16H25ClFN3O2. The van der Waals surface area contributed by atoms with Crippen molar-refractivity contribution in [2.45, 2.75) is 26.8 Å². The zero-order valence-electron chi connectivity index (χ0n) is 13.9. The molecule has 0 radical (unpaired) electrons. The Balaban J connectivity index is 0.00000484. The van der Waals surface area contributed by atoms with E-state index in [-0.39, 0.29) is 48.5 Å². The molecule has 0 bridgehead atoms. The lowest BCUT2D eigenvalue weighted by Crippen LogP contribution is -2.46. The molecule has 5 nitrogen and oxygen atoms in total. The van der Waals surface area contributed by atoms with Crippen molar-refractivity contribution in [2.75, 3.05) is 25.5 Å². The molecule has 0 aliphatic heterocycles. The number of benzene rings is 1. The fourth-order valence-electron chi connectivity index (χ4n) is 2.08. The Morgan fingerprint density at radius 2 is 1.74 bits per heavy atom. The van der Waals surface area contributed by atoms with Gasteiger partial charge in [0, 0.05) is 24.2 Å². The molecule has 1 unspecified atom stereocenters. The molecule has 0 saturated heterocycles. The molecule has 23 heavy (non-hydrogen) atoms. The average Bonchev–Trinajstić information content (AvgIpc) is 2.46. The smallest absolute Gasteiger partial charge is 0.244 e. The molecule has 1 atom stereocenters. The number of hydrogen-bond donors (Lipinski definition) is 2. The Bertz CT molecular complexity index is 509. The van der Waals surface area contributed by atoms with Crippen LogP contribution in [0, 0.1) is 11.7 Å². The van der Waals surface area contributed by atoms with Crippen LogP contribution < -0.4 is 10.6 Å². The predicted octanol–water partition coefficient (Wildman–Crippen LogP) is 2.28. The standard InChI is InChI=1S/C16H24FN3O2.ClH/c1-11(2)20(16(22)12(3)9-18-4)10-15(21)19-14-7-5-13(17)6-8-14;/h5-8,11-12,18H,9-10H2,1-4H3,(H,19,21);1H. The fraction of sp³-hybridized carbons (Fsp3) is 0.500. The van der Waals surface area contributed by atoms with Crippen molar-refractivity contribution >= 4 is 29.9 Å². The minimum absolute atomic E-state index is 0. The Kier molecular flexibility index (Phi) is 9.44. The van der Waals surface area contributed by atoms with Crippen molar-refractivity contribution < 1.29 is 14.0 Å². The second-order valence-electron chi connectivity index (χ2n) is 5.57. The van der Waals surface area contributed by atoms with Crippen molar-refractivity contribution in [3.05, 3.63) is 30.1 Å². The molecule has 0 aliphatic carbocycles. The van der Waals surface area contributed by atoms with Gasteiger partial charge >= 0.3 is 0 Å². The monoisotopic (exact) mass is 345 g/mol. The zero-order valence-corrected chi connectivity index (χ0v) is 14.7. The van der Waals surface area contributed by atoms with Crippen LogP contribution in [0.1, 0.15) is 20.8 Å². The summed E-state index contributed by atoms with van der Waals surface area (Å²) in [7, 11) is 1.78. The molecule has 0 aromatic heterocycles. The van der Waals surface area contributed by atoms with Crippen molar-refractivity contribution in [3.63, 3.8) is 0 Å². The van der Waals surface area contributed by atoms with Gasteiger partial charge in [0.2, 0.25) is 11.8 Å². The lowest BCUT2D eigenvalue weighted by atomic mass is 10.1. The molecule has 7 heteroatoms. The third-order valence-corrected chi connectivity index (χ3v) is 3.28. The van der Waals surface area contributed by atoms with Crippen LogP contribution >= 0.6 is 12.4 Å². The second kappa shape index (κ2) is 10.2. The van der Waals surface area contributed by atoms with Crippen LogP contribution in [0.25, 0.3) is 0 Å². The molecule has 0 heterocycles. The van der Waals surface area contributed by atoms with E-state index >= 15 is 0 Å². The Labute approximate surface area is 143 Å². The van der Waals surface area contributed by atoms with Crippen LogP contribution in [0.3, 0.4) is 0 Å². The molecule has 1 aromatic carbocycles. The Morgan fingerprint density at radius 1 is 1.17 bits per heavy atom. The van der Waals surface area contributed by atoms with Crippen LogP contribution in [0.5, 0.6) is 0 Å². The summed E-state index contributed by atoms with van der Waals surface area (Å²) in [5, 5.41) is 5.62. The number of amides is 2. The summed E-state index contributed by atoms with van der Waals surface area (Å²) in [6.07, 6.45) is 0. The first-order valence-corrected chi connectivity index (χ1v) is 7.35. The van der Waals surface area contributed by atoms with E-state index in [4.69, 9.17) is 0 Å². The largest absolute Gasteiger partial charge is 0.331 e. The van der Waals surface area contributed by atoms with Crippen molar-refractivity contribution in [1.29, 1.82) is 0 Å². The summed E-state index contributed by atoms with van der Waals surface area (Å²) in [6.45, 7) is 6.10. The van der Waals surface area contributed by atoms with Gasteiger partial charge in [-0.2, -0.15) is 0 Å². The number of carbonyl (C=O) groups excluding carboxylic acids is 2. The van der Waals surface area contributed by atoms with E-state index in [0.717, 1.165) is 0 Å². The molecule has 2 amide bonds. The summed E-state index contributed by atoms with van der Waals surface area (Å²) in [6, 6.07) is 5.44. The highest BCUT2D eigenvalue weighted by Crippen LogP contribution is 2.10. The molecule has 0 aliphatic rings. The van der Waals surface area contributed by atoms with Gasteiger partial charge in [-0.05, 0) is 45.2 Å². The number of halogens is 2. The molecule has 130 valence electrons. The summed E-state index contributed by atoms with van der Waals surface area (Å²) in [4.78, 5) is 26.0. The second-order valence-corrected chi connectivity index (χ2v) is 5.57. The molecule has 0 spiro atoms. The Hall–Kier alpha value is -1.66. The van der Waals surface area contributed by atoms with Crippen LogP contribution in [-0.2, 0) is 9.59 Å². The Morgan fingerprint density at radius 3 is 2.22 bits per heavy atom. The van der Waals surface area contributed by atoms with Gasteiger partial charge in [-0.1, -0.05) is 6.92 Å². The summed E-state index contributed by atoms with van der Waals surface area (Å²) in [5.41, 5.74) is 0.505. The van der Waals surface area contributed by atoms with Crippen LogP contribution in [-0.4, -0.2) is 42.9 Å². The van der Waals surface area contributed by atoms with Gasteiger partial charge in [-0.3, -0.25) is 9.59 Å². The minimum atomic E-state index is -0.363. The van der Waals surface area contributed by atoms with Gasteiger partial charge in [0.1, 0.15) is 12.4 Å². The van der Waals surface area contributed by atoms with E-state index in [0.29, 0.717) is 12.2 Å². The normalized spacial score (nSPS) is 11.6. The summed E-state index contributed by atoms with van der Waals surface area (Å²) in [5.74, 6) is -0.937. The number of nitrogens with zero attached hydrogens (tertiary/aromatic N) is 1. The highest BCUT2D eigenvalue weighted by molar-refractivity contribution is 5.94. The van der Waals surface area contributed by atoms with Crippen molar-refractivity contribution in [2.24, 2.45) is 5.92 Å². The first kappa shape index (κ1) is 21.3. The van der Waals surface area contributed by atoms with Crippen molar-refractivity contribution in [1.82, 2.24) is 10.2 Å². The van der Waals surface area contributed by atoms with E-state index in [9.17, 15) is 14.0 Å². The maximum atomic E-state index is 12.8. The topological polar surface area (TPSA) is 61.4 Å². The first-order valence-electron chi connectivity index (χ1n) is 7.35. The maximum absolute atomic E-state index is 12.8. The van der Waals surface area contributed by atoms with Crippen molar-refractivity contribution in [3.8, 4) is 0 Å². The number of hydrogen-bond acceptors (Lipinski definition) is 3. The number of rotatable bonds is 7. The third kappa shape index (κ3) is 6.97. The number of nitrogens with one attached hydrogen (secondary N) is 2. The minimum Gasteiger partial charge on any atom is -0.331 e.